The average molecular weight is 424 g/mol. The highest BCUT2D eigenvalue weighted by molar-refractivity contribution is 6.03. The lowest BCUT2D eigenvalue weighted by molar-refractivity contribution is -0.135. The summed E-state index contributed by atoms with van der Waals surface area (Å²) in [5.74, 6) is 0.670. The number of nitrogens with zero attached hydrogens (tertiary/aromatic N) is 3. The van der Waals surface area contributed by atoms with Crippen LogP contribution in [0.5, 0.6) is 0 Å². The normalized spacial score (nSPS) is 21.4. The van der Waals surface area contributed by atoms with Gasteiger partial charge in [-0.05, 0) is 42.0 Å². The van der Waals surface area contributed by atoms with Crippen LogP contribution in [0.25, 0.3) is 0 Å². The Kier molecular flexibility index (Phi) is 5.17. The highest BCUT2D eigenvalue weighted by atomic mass is 16.2. The number of rotatable bonds is 6. The molecular formula is C23H29N5O3. The zero-order chi connectivity index (χ0) is 21.5. The molecule has 4 aliphatic rings. The monoisotopic (exact) mass is 423 g/mol. The van der Waals surface area contributed by atoms with E-state index in [0.717, 1.165) is 43.1 Å². The number of hydrogen-bond acceptors (Lipinski definition) is 5. The molecule has 2 N–H and O–H groups in total. The lowest BCUT2D eigenvalue weighted by Gasteiger charge is -2.47. The van der Waals surface area contributed by atoms with E-state index in [1.807, 2.05) is 4.90 Å². The molecule has 31 heavy (non-hydrogen) atoms. The van der Waals surface area contributed by atoms with Gasteiger partial charge < -0.3 is 20.4 Å². The molecule has 1 aliphatic carbocycles. The minimum atomic E-state index is -0.00966. The molecule has 8 nitrogen and oxygen atoms in total. The molecule has 3 heterocycles. The van der Waals surface area contributed by atoms with E-state index in [2.05, 4.69) is 34.2 Å². The van der Waals surface area contributed by atoms with E-state index in [4.69, 9.17) is 0 Å². The number of anilines is 2. The minimum Gasteiger partial charge on any atom is -0.374 e. The van der Waals surface area contributed by atoms with Gasteiger partial charge >= 0.3 is 0 Å². The van der Waals surface area contributed by atoms with E-state index in [-0.39, 0.29) is 24.3 Å². The van der Waals surface area contributed by atoms with Crippen LogP contribution >= 0.6 is 0 Å². The van der Waals surface area contributed by atoms with Crippen LogP contribution in [-0.4, -0.2) is 84.3 Å². The van der Waals surface area contributed by atoms with Gasteiger partial charge in [0.05, 0.1) is 24.3 Å². The third-order valence-corrected chi connectivity index (χ3v) is 6.87. The van der Waals surface area contributed by atoms with Gasteiger partial charge in [-0.1, -0.05) is 12.6 Å². The quantitative estimate of drug-likeness (QED) is 0.668. The van der Waals surface area contributed by atoms with Crippen molar-refractivity contribution >= 4 is 29.1 Å². The highest BCUT2D eigenvalue weighted by Crippen LogP contribution is 2.44. The van der Waals surface area contributed by atoms with Crippen molar-refractivity contribution in [3.8, 4) is 0 Å². The van der Waals surface area contributed by atoms with Crippen molar-refractivity contribution in [1.29, 1.82) is 0 Å². The second-order valence-corrected chi connectivity index (χ2v) is 8.97. The summed E-state index contributed by atoms with van der Waals surface area (Å²) >= 11 is 0. The fourth-order valence-electron chi connectivity index (χ4n) is 4.78. The number of nitrogens with one attached hydrogen (secondary N) is 2. The standard InChI is InChI=1S/C23H29N5O3/c1-2-21(30)28-13-18(14-28)26-5-7-27(8-6-26)22(31)12-24-19-10-16(15-3-4-15)9-17-11-20(29)25-23(17)19/h2,9-10,15,18,24H,1,3-8,11-14H2,(H,25,29). The number of carbonyl (C=O) groups excluding carboxylic acids is 3. The van der Waals surface area contributed by atoms with Crippen LogP contribution in [0.4, 0.5) is 11.4 Å². The van der Waals surface area contributed by atoms with Crippen molar-refractivity contribution in [1.82, 2.24) is 14.7 Å². The van der Waals surface area contributed by atoms with E-state index in [1.54, 1.807) is 4.90 Å². The topological polar surface area (TPSA) is 85.0 Å². The van der Waals surface area contributed by atoms with Crippen LogP contribution in [0.15, 0.2) is 24.8 Å². The minimum absolute atomic E-state index is 0.00966. The van der Waals surface area contributed by atoms with Crippen LogP contribution < -0.4 is 10.6 Å². The lowest BCUT2D eigenvalue weighted by Crippen LogP contribution is -2.64. The largest absolute Gasteiger partial charge is 0.374 e. The van der Waals surface area contributed by atoms with Gasteiger partial charge in [0.25, 0.3) is 0 Å². The molecule has 3 aliphatic heterocycles. The molecule has 0 bridgehead atoms. The molecule has 5 rings (SSSR count). The summed E-state index contributed by atoms with van der Waals surface area (Å²) in [6, 6.07) is 4.62. The Balaban J connectivity index is 1.13. The maximum Gasteiger partial charge on any atom is 0.246 e. The van der Waals surface area contributed by atoms with Gasteiger partial charge in [-0.25, -0.2) is 0 Å². The van der Waals surface area contributed by atoms with Crippen LogP contribution in [0.3, 0.4) is 0 Å². The van der Waals surface area contributed by atoms with Gasteiger partial charge in [-0.2, -0.15) is 0 Å². The number of amides is 3. The van der Waals surface area contributed by atoms with Gasteiger partial charge in [0.1, 0.15) is 0 Å². The molecule has 164 valence electrons. The molecule has 0 spiro atoms. The number of piperazine rings is 1. The molecule has 0 aromatic heterocycles. The molecule has 3 amide bonds. The SMILES string of the molecule is C=CC(=O)N1CC(N2CCN(C(=O)CNc3cc(C4CC4)cc4c3NC(=O)C4)CC2)C1. The molecule has 2 saturated heterocycles. The summed E-state index contributed by atoms with van der Waals surface area (Å²) < 4.78 is 0. The van der Waals surface area contributed by atoms with Crippen molar-refractivity contribution in [2.24, 2.45) is 0 Å². The van der Waals surface area contributed by atoms with E-state index in [0.29, 0.717) is 31.5 Å². The van der Waals surface area contributed by atoms with Crippen molar-refractivity contribution in [2.45, 2.75) is 31.2 Å². The molecule has 0 radical (unpaired) electrons. The summed E-state index contributed by atoms with van der Waals surface area (Å²) in [4.78, 5) is 42.4. The first kappa shape index (κ1) is 20.1. The maximum absolute atomic E-state index is 12.8. The summed E-state index contributed by atoms with van der Waals surface area (Å²) in [5, 5.41) is 6.23. The molecule has 1 aromatic carbocycles. The highest BCUT2D eigenvalue weighted by Gasteiger charge is 2.36. The molecular weight excluding hydrogens is 394 g/mol. The van der Waals surface area contributed by atoms with E-state index in [9.17, 15) is 14.4 Å². The first-order chi connectivity index (χ1) is 15.0. The summed E-state index contributed by atoms with van der Waals surface area (Å²) in [6.07, 6.45) is 4.17. The fraction of sp³-hybridized carbons (Fsp3) is 0.522. The Labute approximate surface area is 182 Å². The predicted octanol–water partition coefficient (Wildman–Crippen LogP) is 1.01. The molecule has 3 fully saturated rings. The Bertz CT molecular complexity index is 927. The van der Waals surface area contributed by atoms with Crippen LogP contribution in [0.2, 0.25) is 0 Å². The second-order valence-electron chi connectivity index (χ2n) is 8.97. The third kappa shape index (κ3) is 4.04. The van der Waals surface area contributed by atoms with Gasteiger partial charge in [-0.15, -0.1) is 0 Å². The van der Waals surface area contributed by atoms with E-state index in [1.165, 1.54) is 24.5 Å². The summed E-state index contributed by atoms with van der Waals surface area (Å²) in [6.45, 7) is 8.30. The maximum atomic E-state index is 12.8. The summed E-state index contributed by atoms with van der Waals surface area (Å²) in [7, 11) is 0. The van der Waals surface area contributed by atoms with Crippen LogP contribution in [0.1, 0.15) is 29.9 Å². The van der Waals surface area contributed by atoms with Crippen molar-refractivity contribution in [3.63, 3.8) is 0 Å². The Morgan fingerprint density at radius 1 is 1.13 bits per heavy atom. The zero-order valence-electron chi connectivity index (χ0n) is 17.7. The van der Waals surface area contributed by atoms with Crippen LogP contribution in [-0.2, 0) is 20.8 Å². The smallest absolute Gasteiger partial charge is 0.246 e. The number of fused-ring (bicyclic) bond motifs is 1. The van der Waals surface area contributed by atoms with Crippen molar-refractivity contribution in [2.75, 3.05) is 56.4 Å². The van der Waals surface area contributed by atoms with Gasteiger partial charge in [0.15, 0.2) is 0 Å². The van der Waals surface area contributed by atoms with Gasteiger partial charge in [0.2, 0.25) is 17.7 Å². The van der Waals surface area contributed by atoms with Crippen molar-refractivity contribution in [3.05, 3.63) is 35.9 Å². The van der Waals surface area contributed by atoms with E-state index >= 15 is 0 Å². The van der Waals surface area contributed by atoms with Crippen LogP contribution in [0, 0.1) is 0 Å². The second kappa shape index (κ2) is 8.00. The summed E-state index contributed by atoms with van der Waals surface area (Å²) in [5.41, 5.74) is 3.99. The number of carbonyl (C=O) groups is 3. The first-order valence-electron chi connectivity index (χ1n) is 11.2. The Morgan fingerprint density at radius 3 is 2.55 bits per heavy atom. The van der Waals surface area contributed by atoms with Crippen molar-refractivity contribution < 1.29 is 14.4 Å². The van der Waals surface area contributed by atoms with Gasteiger partial charge in [0, 0.05) is 45.3 Å². The molecule has 8 heteroatoms. The number of benzene rings is 1. The fourth-order valence-corrected chi connectivity index (χ4v) is 4.78. The number of hydrogen-bond donors (Lipinski definition) is 2. The lowest BCUT2D eigenvalue weighted by atomic mass is 10.0. The molecule has 1 saturated carbocycles. The third-order valence-electron chi connectivity index (χ3n) is 6.87. The first-order valence-corrected chi connectivity index (χ1v) is 11.2. The van der Waals surface area contributed by atoms with Gasteiger partial charge in [-0.3, -0.25) is 19.3 Å². The molecule has 0 unspecified atom stereocenters. The molecule has 0 atom stereocenters. The van der Waals surface area contributed by atoms with E-state index < -0.39 is 0 Å². The Morgan fingerprint density at radius 2 is 1.87 bits per heavy atom. The average Bonchev–Trinajstić information content (AvgIpc) is 3.52. The number of likely N-dealkylation sites (tertiary alicyclic amines) is 1. The zero-order valence-corrected chi connectivity index (χ0v) is 17.7. The Hall–Kier alpha value is -2.87. The molecule has 1 aromatic rings. The predicted molar refractivity (Wildman–Crippen MR) is 118 cm³/mol.